The third-order valence-corrected chi connectivity index (χ3v) is 4.16. The Morgan fingerprint density at radius 3 is 2.68 bits per heavy atom. The average molecular weight is 432 g/mol. The molecule has 10 heteroatoms. The molecule has 0 aliphatic carbocycles. The van der Waals surface area contributed by atoms with Gasteiger partial charge in [0.2, 0.25) is 0 Å². The zero-order valence-corrected chi connectivity index (χ0v) is 16.0. The molecule has 0 spiro atoms. The molecule has 3 aromatic rings. The lowest BCUT2D eigenvalue weighted by Gasteiger charge is -2.13. The third-order valence-electron chi connectivity index (χ3n) is 4.16. The zero-order chi connectivity index (χ0) is 22.4. The maximum atomic E-state index is 14.0. The Kier molecular flexibility index (Phi) is 6.55. The van der Waals surface area contributed by atoms with Crippen LogP contribution in [0.1, 0.15) is 28.9 Å². The first-order chi connectivity index (χ1) is 14.8. The van der Waals surface area contributed by atoms with Crippen molar-refractivity contribution in [2.24, 2.45) is 0 Å². The van der Waals surface area contributed by atoms with Gasteiger partial charge < -0.3 is 10.1 Å². The fourth-order valence-electron chi connectivity index (χ4n) is 2.80. The summed E-state index contributed by atoms with van der Waals surface area (Å²) < 4.78 is 61.0. The number of carbonyl (C=O) groups is 1. The predicted molar refractivity (Wildman–Crippen MR) is 103 cm³/mol. The summed E-state index contributed by atoms with van der Waals surface area (Å²) >= 11 is 0. The molecule has 0 atom stereocenters. The van der Waals surface area contributed by atoms with E-state index in [1.165, 1.54) is 24.3 Å². The van der Waals surface area contributed by atoms with Crippen molar-refractivity contribution in [3.05, 3.63) is 71.8 Å². The molecular formula is C21H16F4N4O2. The Balaban J connectivity index is 1.86. The van der Waals surface area contributed by atoms with Crippen molar-refractivity contribution in [3.63, 3.8) is 0 Å². The van der Waals surface area contributed by atoms with E-state index in [-0.39, 0.29) is 12.3 Å². The molecular weight excluding hydrogens is 416 g/mol. The van der Waals surface area contributed by atoms with Crippen molar-refractivity contribution in [1.29, 1.82) is 5.26 Å². The topological polar surface area (TPSA) is 79.9 Å². The number of amides is 1. The number of hydrogen-bond donors (Lipinski definition) is 1. The number of anilines is 1. The fourth-order valence-corrected chi connectivity index (χ4v) is 2.80. The second-order valence-corrected chi connectivity index (χ2v) is 6.36. The molecule has 0 aliphatic heterocycles. The second kappa shape index (κ2) is 9.30. The van der Waals surface area contributed by atoms with Gasteiger partial charge in [-0.05, 0) is 30.7 Å². The molecule has 31 heavy (non-hydrogen) atoms. The monoisotopic (exact) mass is 432 g/mol. The molecule has 6 nitrogen and oxygen atoms in total. The molecule has 0 fully saturated rings. The highest BCUT2D eigenvalue weighted by molar-refractivity contribution is 6.05. The number of aromatic nitrogens is 2. The number of unbranched alkanes of at least 4 members (excludes halogenated alkanes) is 1. The SMILES string of the molecule is N#CCCCOc1cccc(NC(=O)c2cnn(-c3ccccc3F)c2C(F)(F)F)c1. The van der Waals surface area contributed by atoms with Crippen molar-refractivity contribution >= 4 is 11.6 Å². The predicted octanol–water partition coefficient (Wildman–Crippen LogP) is 4.97. The molecule has 0 unspecified atom stereocenters. The smallest absolute Gasteiger partial charge is 0.434 e. The van der Waals surface area contributed by atoms with Crippen LogP contribution in [-0.4, -0.2) is 22.3 Å². The molecule has 3 rings (SSSR count). The summed E-state index contributed by atoms with van der Waals surface area (Å²) in [7, 11) is 0. The number of halogens is 4. The Hall–Kier alpha value is -3.87. The normalized spacial score (nSPS) is 11.1. The Labute approximate surface area is 174 Å². The lowest BCUT2D eigenvalue weighted by atomic mass is 10.2. The fraction of sp³-hybridized carbons (Fsp3) is 0.190. The minimum absolute atomic E-state index is 0.203. The van der Waals surface area contributed by atoms with Crippen LogP contribution in [0.25, 0.3) is 5.69 Å². The highest BCUT2D eigenvalue weighted by atomic mass is 19.4. The summed E-state index contributed by atoms with van der Waals surface area (Å²) in [5, 5.41) is 14.5. The molecule has 1 heterocycles. The number of nitrogens with one attached hydrogen (secondary N) is 1. The lowest BCUT2D eigenvalue weighted by molar-refractivity contribution is -0.143. The van der Waals surface area contributed by atoms with E-state index >= 15 is 0 Å². The van der Waals surface area contributed by atoms with Crippen LogP contribution in [0.5, 0.6) is 5.75 Å². The van der Waals surface area contributed by atoms with Gasteiger partial charge in [0.1, 0.15) is 17.3 Å². The maximum absolute atomic E-state index is 14.0. The average Bonchev–Trinajstić information content (AvgIpc) is 3.18. The molecule has 0 saturated heterocycles. The van der Waals surface area contributed by atoms with E-state index in [9.17, 15) is 22.4 Å². The molecule has 160 valence electrons. The van der Waals surface area contributed by atoms with E-state index in [0.29, 0.717) is 23.3 Å². The molecule has 0 aliphatic rings. The van der Waals surface area contributed by atoms with E-state index in [4.69, 9.17) is 10.00 Å². The first kappa shape index (κ1) is 21.8. The molecule has 1 aromatic heterocycles. The van der Waals surface area contributed by atoms with Gasteiger partial charge in [-0.3, -0.25) is 4.79 Å². The number of benzene rings is 2. The van der Waals surface area contributed by atoms with Crippen LogP contribution in [0.15, 0.2) is 54.7 Å². The van der Waals surface area contributed by atoms with Crippen molar-refractivity contribution in [2.75, 3.05) is 11.9 Å². The summed E-state index contributed by atoms with van der Waals surface area (Å²) in [6, 6.07) is 12.9. The van der Waals surface area contributed by atoms with Gasteiger partial charge in [0.15, 0.2) is 5.69 Å². The first-order valence-corrected chi connectivity index (χ1v) is 9.12. The number of ether oxygens (including phenoxy) is 1. The highest BCUT2D eigenvalue weighted by Crippen LogP contribution is 2.34. The van der Waals surface area contributed by atoms with Crippen LogP contribution >= 0.6 is 0 Å². The van der Waals surface area contributed by atoms with E-state index < -0.39 is 34.8 Å². The van der Waals surface area contributed by atoms with Gasteiger partial charge in [-0.2, -0.15) is 23.5 Å². The van der Waals surface area contributed by atoms with Crippen LogP contribution in [0, 0.1) is 17.1 Å². The molecule has 0 radical (unpaired) electrons. The van der Waals surface area contributed by atoms with Gasteiger partial charge in [-0.1, -0.05) is 18.2 Å². The summed E-state index contributed by atoms with van der Waals surface area (Å²) in [6.07, 6.45) is -3.39. The van der Waals surface area contributed by atoms with Crippen LogP contribution in [0.3, 0.4) is 0 Å². The number of para-hydroxylation sites is 1. The maximum Gasteiger partial charge on any atom is 0.434 e. The van der Waals surface area contributed by atoms with Crippen molar-refractivity contribution in [1.82, 2.24) is 9.78 Å². The number of alkyl halides is 3. The zero-order valence-electron chi connectivity index (χ0n) is 16.0. The minimum Gasteiger partial charge on any atom is -0.493 e. The van der Waals surface area contributed by atoms with Gasteiger partial charge in [0.05, 0.1) is 24.4 Å². The minimum atomic E-state index is -4.96. The molecule has 0 saturated carbocycles. The van der Waals surface area contributed by atoms with Gasteiger partial charge in [0.25, 0.3) is 5.91 Å². The van der Waals surface area contributed by atoms with Crippen molar-refractivity contribution in [3.8, 4) is 17.5 Å². The van der Waals surface area contributed by atoms with Crippen LogP contribution in [-0.2, 0) is 6.18 Å². The van der Waals surface area contributed by atoms with E-state index in [1.54, 1.807) is 12.1 Å². The number of nitriles is 1. The standard InChI is InChI=1S/C21H16F4N4O2/c22-17-8-1-2-9-18(17)29-19(21(23,24)25)16(13-27-29)20(30)28-14-6-5-7-15(12-14)31-11-4-3-10-26/h1-2,5-9,12-13H,3-4,11H2,(H,28,30). The summed E-state index contributed by atoms with van der Waals surface area (Å²) in [4.78, 5) is 12.6. The number of hydrogen-bond acceptors (Lipinski definition) is 4. The van der Waals surface area contributed by atoms with Crippen molar-refractivity contribution < 1.29 is 27.1 Å². The van der Waals surface area contributed by atoms with Gasteiger partial charge in [0, 0.05) is 18.2 Å². The number of nitrogens with zero attached hydrogens (tertiary/aromatic N) is 3. The Morgan fingerprint density at radius 2 is 1.97 bits per heavy atom. The Bertz CT molecular complexity index is 1120. The molecule has 2 aromatic carbocycles. The summed E-state index contributed by atoms with van der Waals surface area (Å²) in [5.41, 5.74) is -2.37. The Morgan fingerprint density at radius 1 is 1.19 bits per heavy atom. The van der Waals surface area contributed by atoms with E-state index in [0.717, 1.165) is 18.3 Å². The van der Waals surface area contributed by atoms with Crippen LogP contribution < -0.4 is 10.1 Å². The third kappa shape index (κ3) is 5.19. The lowest BCUT2D eigenvalue weighted by Crippen LogP contribution is -2.21. The first-order valence-electron chi connectivity index (χ1n) is 9.12. The quantitative estimate of drug-likeness (QED) is 0.423. The molecule has 1 N–H and O–H groups in total. The van der Waals surface area contributed by atoms with Gasteiger partial charge in [-0.25, -0.2) is 9.07 Å². The van der Waals surface area contributed by atoms with Crippen LogP contribution in [0.2, 0.25) is 0 Å². The second-order valence-electron chi connectivity index (χ2n) is 6.36. The van der Waals surface area contributed by atoms with Crippen molar-refractivity contribution in [2.45, 2.75) is 19.0 Å². The van der Waals surface area contributed by atoms with Gasteiger partial charge >= 0.3 is 6.18 Å². The van der Waals surface area contributed by atoms with Gasteiger partial charge in [-0.15, -0.1) is 0 Å². The van der Waals surface area contributed by atoms with E-state index in [1.807, 2.05) is 6.07 Å². The largest absolute Gasteiger partial charge is 0.493 e. The number of rotatable bonds is 7. The van der Waals surface area contributed by atoms with E-state index in [2.05, 4.69) is 10.4 Å². The summed E-state index contributed by atoms with van der Waals surface area (Å²) in [6.45, 7) is 0.276. The summed E-state index contributed by atoms with van der Waals surface area (Å²) in [5.74, 6) is -1.59. The highest BCUT2D eigenvalue weighted by Gasteiger charge is 2.41. The molecule has 0 bridgehead atoms. The number of carbonyl (C=O) groups excluding carboxylic acids is 1. The van der Waals surface area contributed by atoms with Crippen LogP contribution in [0.4, 0.5) is 23.2 Å². The molecule has 1 amide bonds.